The van der Waals surface area contributed by atoms with Crippen molar-refractivity contribution in [2.75, 3.05) is 19.6 Å². The first kappa shape index (κ1) is 12.3. The second kappa shape index (κ2) is 5.35. The molecule has 0 aliphatic carbocycles. The van der Waals surface area contributed by atoms with Crippen LogP contribution in [0.2, 0.25) is 0 Å². The minimum atomic E-state index is -0.583. The molecule has 0 bridgehead atoms. The van der Waals surface area contributed by atoms with Crippen LogP contribution in [0.5, 0.6) is 0 Å². The monoisotopic (exact) mass is 214 g/mol. The van der Waals surface area contributed by atoms with Crippen LogP contribution in [0, 0.1) is 0 Å². The lowest BCUT2D eigenvalue weighted by Gasteiger charge is -2.35. The van der Waals surface area contributed by atoms with E-state index in [1.165, 1.54) is 0 Å². The zero-order valence-corrected chi connectivity index (χ0v) is 9.75. The Bertz CT molecular complexity index is 207. The Morgan fingerprint density at radius 1 is 1.47 bits per heavy atom. The van der Waals surface area contributed by atoms with Crippen molar-refractivity contribution in [3.05, 3.63) is 0 Å². The highest BCUT2D eigenvalue weighted by Crippen LogP contribution is 2.20. The smallest absolute Gasteiger partial charge is 0.317 e. The molecule has 88 valence electrons. The van der Waals surface area contributed by atoms with Gasteiger partial charge in [0.05, 0.1) is 5.60 Å². The normalized spacial score (nSPS) is 20.1. The van der Waals surface area contributed by atoms with Crippen LogP contribution in [0.3, 0.4) is 0 Å². The maximum atomic E-state index is 11.6. The van der Waals surface area contributed by atoms with Crippen LogP contribution in [-0.2, 0) is 0 Å². The van der Waals surface area contributed by atoms with Gasteiger partial charge >= 0.3 is 6.03 Å². The van der Waals surface area contributed by atoms with Crippen LogP contribution in [0.1, 0.15) is 39.5 Å². The van der Waals surface area contributed by atoms with Gasteiger partial charge in [-0.3, -0.25) is 0 Å². The maximum absolute atomic E-state index is 11.6. The first-order chi connectivity index (χ1) is 7.05. The third kappa shape index (κ3) is 4.08. The number of urea groups is 1. The summed E-state index contributed by atoms with van der Waals surface area (Å²) in [6.07, 6.45) is 3.47. The summed E-state index contributed by atoms with van der Waals surface area (Å²) in [7, 11) is 0. The average molecular weight is 214 g/mol. The molecule has 0 radical (unpaired) electrons. The lowest BCUT2D eigenvalue weighted by Crippen LogP contribution is -2.48. The van der Waals surface area contributed by atoms with Crippen molar-refractivity contribution in [3.8, 4) is 0 Å². The topological polar surface area (TPSA) is 52.6 Å². The summed E-state index contributed by atoms with van der Waals surface area (Å²) in [4.78, 5) is 13.4. The van der Waals surface area contributed by atoms with Crippen molar-refractivity contribution < 1.29 is 9.90 Å². The SMILES string of the molecule is CCCCNC(=O)N1CCC(C)(O)CC1. The first-order valence-corrected chi connectivity index (χ1v) is 5.80. The predicted octanol–water partition coefficient (Wildman–Crippen LogP) is 1.34. The van der Waals surface area contributed by atoms with Crippen LogP contribution in [-0.4, -0.2) is 41.3 Å². The van der Waals surface area contributed by atoms with E-state index in [-0.39, 0.29) is 6.03 Å². The molecule has 1 fully saturated rings. The number of nitrogens with one attached hydrogen (secondary N) is 1. The summed E-state index contributed by atoms with van der Waals surface area (Å²) < 4.78 is 0. The molecule has 1 aliphatic heterocycles. The molecule has 1 aliphatic rings. The van der Waals surface area contributed by atoms with Gasteiger partial charge in [0.1, 0.15) is 0 Å². The molecule has 1 heterocycles. The van der Waals surface area contributed by atoms with Crippen LogP contribution < -0.4 is 5.32 Å². The molecule has 1 rings (SSSR count). The fourth-order valence-corrected chi connectivity index (χ4v) is 1.68. The quantitative estimate of drug-likeness (QED) is 0.697. The second-order valence-electron chi connectivity index (χ2n) is 4.57. The molecule has 0 aromatic carbocycles. The van der Waals surface area contributed by atoms with Gasteiger partial charge in [0.25, 0.3) is 0 Å². The Morgan fingerprint density at radius 2 is 2.07 bits per heavy atom. The van der Waals surface area contributed by atoms with E-state index in [2.05, 4.69) is 12.2 Å². The van der Waals surface area contributed by atoms with Gasteiger partial charge in [-0.25, -0.2) is 4.79 Å². The number of carbonyl (C=O) groups is 1. The average Bonchev–Trinajstić information content (AvgIpc) is 2.18. The molecule has 2 N–H and O–H groups in total. The molecule has 0 aromatic heterocycles. The summed E-state index contributed by atoms with van der Waals surface area (Å²) >= 11 is 0. The highest BCUT2D eigenvalue weighted by molar-refractivity contribution is 5.74. The lowest BCUT2D eigenvalue weighted by atomic mass is 9.94. The van der Waals surface area contributed by atoms with Crippen molar-refractivity contribution in [3.63, 3.8) is 0 Å². The van der Waals surface area contributed by atoms with E-state index in [4.69, 9.17) is 0 Å². The number of carbonyl (C=O) groups excluding carboxylic acids is 1. The molecular weight excluding hydrogens is 192 g/mol. The van der Waals surface area contributed by atoms with Crippen LogP contribution in [0.4, 0.5) is 4.79 Å². The molecule has 0 saturated carbocycles. The molecule has 15 heavy (non-hydrogen) atoms. The molecular formula is C11H22N2O2. The van der Waals surface area contributed by atoms with E-state index in [9.17, 15) is 9.90 Å². The molecule has 4 nitrogen and oxygen atoms in total. The number of unbranched alkanes of at least 4 members (excludes halogenated alkanes) is 1. The fourth-order valence-electron chi connectivity index (χ4n) is 1.68. The Balaban J connectivity index is 2.24. The molecule has 1 saturated heterocycles. The van der Waals surface area contributed by atoms with E-state index in [1.807, 2.05) is 6.92 Å². The van der Waals surface area contributed by atoms with E-state index in [0.717, 1.165) is 19.4 Å². The van der Waals surface area contributed by atoms with E-state index in [1.54, 1.807) is 4.90 Å². The number of nitrogens with zero attached hydrogens (tertiary/aromatic N) is 1. The fraction of sp³-hybridized carbons (Fsp3) is 0.909. The third-order valence-electron chi connectivity index (χ3n) is 2.93. The lowest BCUT2D eigenvalue weighted by molar-refractivity contribution is 0.00441. The van der Waals surface area contributed by atoms with Gasteiger partial charge in [-0.15, -0.1) is 0 Å². The summed E-state index contributed by atoms with van der Waals surface area (Å²) in [6, 6.07) is 0.0129. The molecule has 0 unspecified atom stereocenters. The van der Waals surface area contributed by atoms with Crippen molar-refractivity contribution in [1.82, 2.24) is 10.2 Å². The van der Waals surface area contributed by atoms with E-state index in [0.29, 0.717) is 25.9 Å². The number of hydrogen-bond donors (Lipinski definition) is 2. The van der Waals surface area contributed by atoms with Gasteiger partial charge in [-0.05, 0) is 26.2 Å². The van der Waals surface area contributed by atoms with Gasteiger partial charge in [-0.2, -0.15) is 0 Å². The summed E-state index contributed by atoms with van der Waals surface area (Å²) in [6.45, 7) is 6.00. The number of likely N-dealkylation sites (tertiary alicyclic amines) is 1. The molecule has 4 heteroatoms. The van der Waals surface area contributed by atoms with Crippen molar-refractivity contribution in [2.24, 2.45) is 0 Å². The zero-order chi connectivity index (χ0) is 11.3. The van der Waals surface area contributed by atoms with E-state index < -0.39 is 5.60 Å². The first-order valence-electron chi connectivity index (χ1n) is 5.80. The van der Waals surface area contributed by atoms with Crippen molar-refractivity contribution in [2.45, 2.75) is 45.1 Å². The summed E-state index contributed by atoms with van der Waals surface area (Å²) in [5.41, 5.74) is -0.583. The number of amides is 2. The van der Waals surface area contributed by atoms with Gasteiger partial charge in [-0.1, -0.05) is 13.3 Å². The minimum Gasteiger partial charge on any atom is -0.390 e. The van der Waals surface area contributed by atoms with Crippen LogP contribution >= 0.6 is 0 Å². The third-order valence-corrected chi connectivity index (χ3v) is 2.93. The van der Waals surface area contributed by atoms with Crippen LogP contribution in [0.25, 0.3) is 0 Å². The Kier molecular flexibility index (Phi) is 4.39. The number of hydrogen-bond acceptors (Lipinski definition) is 2. The minimum absolute atomic E-state index is 0.0129. The van der Waals surface area contributed by atoms with Gasteiger partial charge < -0.3 is 15.3 Å². The Labute approximate surface area is 91.6 Å². The second-order valence-corrected chi connectivity index (χ2v) is 4.57. The van der Waals surface area contributed by atoms with Gasteiger partial charge in [0, 0.05) is 19.6 Å². The van der Waals surface area contributed by atoms with E-state index >= 15 is 0 Å². The van der Waals surface area contributed by atoms with Gasteiger partial charge in [0.15, 0.2) is 0 Å². The number of piperidine rings is 1. The van der Waals surface area contributed by atoms with Gasteiger partial charge in [0.2, 0.25) is 0 Å². The molecule has 0 spiro atoms. The highest BCUT2D eigenvalue weighted by Gasteiger charge is 2.29. The highest BCUT2D eigenvalue weighted by atomic mass is 16.3. The maximum Gasteiger partial charge on any atom is 0.317 e. The molecule has 2 amide bonds. The Hall–Kier alpha value is -0.770. The predicted molar refractivity (Wildman–Crippen MR) is 59.7 cm³/mol. The summed E-state index contributed by atoms with van der Waals surface area (Å²) in [5.74, 6) is 0. The largest absolute Gasteiger partial charge is 0.390 e. The van der Waals surface area contributed by atoms with Crippen LogP contribution in [0.15, 0.2) is 0 Å². The number of rotatable bonds is 3. The zero-order valence-electron chi connectivity index (χ0n) is 9.75. The standard InChI is InChI=1S/C11H22N2O2/c1-3-4-7-12-10(14)13-8-5-11(2,15)6-9-13/h15H,3-9H2,1-2H3,(H,12,14). The van der Waals surface area contributed by atoms with Crippen molar-refractivity contribution >= 4 is 6.03 Å². The molecule has 0 atom stereocenters. The molecule has 0 aromatic rings. The number of aliphatic hydroxyl groups is 1. The van der Waals surface area contributed by atoms with Crippen molar-refractivity contribution in [1.29, 1.82) is 0 Å². The summed E-state index contributed by atoms with van der Waals surface area (Å²) in [5, 5.41) is 12.6. The Morgan fingerprint density at radius 3 is 2.60 bits per heavy atom.